The van der Waals surface area contributed by atoms with Crippen LogP contribution in [0.3, 0.4) is 0 Å². The van der Waals surface area contributed by atoms with E-state index in [9.17, 15) is 0 Å². The summed E-state index contributed by atoms with van der Waals surface area (Å²) in [5, 5.41) is 0.734. The van der Waals surface area contributed by atoms with Gasteiger partial charge in [-0.1, -0.05) is 36.5 Å². The molecule has 0 amide bonds. The van der Waals surface area contributed by atoms with Gasteiger partial charge in [-0.3, -0.25) is 5.43 Å². The third kappa shape index (κ3) is 2.70. The quantitative estimate of drug-likeness (QED) is 0.478. The SMILES string of the molecule is CCCCc1c(Cl)nc(NN)nc1Cl. The lowest BCUT2D eigenvalue weighted by molar-refractivity contribution is 0.788. The Labute approximate surface area is 92.8 Å². The Hall–Kier alpha value is -0.580. The lowest BCUT2D eigenvalue weighted by atomic mass is 10.1. The van der Waals surface area contributed by atoms with Crippen LogP contribution in [0.25, 0.3) is 0 Å². The van der Waals surface area contributed by atoms with Crippen LogP contribution in [0.4, 0.5) is 5.95 Å². The van der Waals surface area contributed by atoms with Crippen LogP contribution in [0.5, 0.6) is 0 Å². The average Bonchev–Trinajstić information content (AvgIpc) is 2.16. The van der Waals surface area contributed by atoms with Crippen LogP contribution in [0.2, 0.25) is 10.3 Å². The van der Waals surface area contributed by atoms with Crippen molar-refractivity contribution in [2.45, 2.75) is 26.2 Å². The van der Waals surface area contributed by atoms with E-state index in [2.05, 4.69) is 22.3 Å². The molecule has 0 saturated heterocycles. The van der Waals surface area contributed by atoms with E-state index >= 15 is 0 Å². The fourth-order valence-corrected chi connectivity index (χ4v) is 1.63. The van der Waals surface area contributed by atoms with Crippen molar-refractivity contribution in [3.05, 3.63) is 15.9 Å². The summed E-state index contributed by atoms with van der Waals surface area (Å²) < 4.78 is 0. The molecule has 0 unspecified atom stereocenters. The molecular formula is C8H12Cl2N4. The highest BCUT2D eigenvalue weighted by molar-refractivity contribution is 6.34. The van der Waals surface area contributed by atoms with Crippen LogP contribution < -0.4 is 11.3 Å². The maximum Gasteiger partial charge on any atom is 0.239 e. The van der Waals surface area contributed by atoms with Crippen LogP contribution in [0, 0.1) is 0 Å². The summed E-state index contributed by atoms with van der Waals surface area (Å²) in [6.07, 6.45) is 2.88. The largest absolute Gasteiger partial charge is 0.292 e. The van der Waals surface area contributed by atoms with Crippen LogP contribution in [-0.4, -0.2) is 9.97 Å². The molecule has 0 fully saturated rings. The van der Waals surface area contributed by atoms with E-state index in [4.69, 9.17) is 29.0 Å². The van der Waals surface area contributed by atoms with Crippen molar-refractivity contribution in [2.75, 3.05) is 5.43 Å². The number of unbranched alkanes of at least 4 members (excludes halogenated alkanes) is 1. The Morgan fingerprint density at radius 2 is 1.86 bits per heavy atom. The first-order chi connectivity index (χ1) is 6.69. The zero-order valence-corrected chi connectivity index (χ0v) is 9.36. The second kappa shape index (κ2) is 5.34. The Bertz CT molecular complexity index is 293. The Morgan fingerprint density at radius 1 is 1.29 bits per heavy atom. The molecule has 0 spiro atoms. The van der Waals surface area contributed by atoms with Crippen LogP contribution in [0.15, 0.2) is 0 Å². The summed E-state index contributed by atoms with van der Waals surface area (Å²) in [7, 11) is 0. The number of hydrogen-bond acceptors (Lipinski definition) is 4. The minimum atomic E-state index is 0.236. The van der Waals surface area contributed by atoms with Crippen molar-refractivity contribution in [3.8, 4) is 0 Å². The van der Waals surface area contributed by atoms with E-state index in [-0.39, 0.29) is 5.95 Å². The number of nitrogen functional groups attached to an aromatic ring is 1. The molecule has 0 aliphatic rings. The predicted molar refractivity (Wildman–Crippen MR) is 58.5 cm³/mol. The van der Waals surface area contributed by atoms with E-state index in [0.29, 0.717) is 10.3 Å². The number of nitrogens with zero attached hydrogens (tertiary/aromatic N) is 2. The van der Waals surface area contributed by atoms with Crippen molar-refractivity contribution < 1.29 is 0 Å². The molecule has 78 valence electrons. The van der Waals surface area contributed by atoms with Gasteiger partial charge in [-0.15, -0.1) is 0 Å². The second-order valence-electron chi connectivity index (χ2n) is 2.86. The standard InChI is InChI=1S/C8H12Cl2N4/c1-2-3-4-5-6(9)12-8(14-11)13-7(5)10/h2-4,11H2,1H3,(H,12,13,14). The van der Waals surface area contributed by atoms with Gasteiger partial charge in [0.2, 0.25) is 5.95 Å². The Morgan fingerprint density at radius 3 is 2.29 bits per heavy atom. The van der Waals surface area contributed by atoms with Crippen molar-refractivity contribution in [1.29, 1.82) is 0 Å². The molecule has 0 bridgehead atoms. The van der Waals surface area contributed by atoms with Crippen LogP contribution in [0.1, 0.15) is 25.3 Å². The van der Waals surface area contributed by atoms with Gasteiger partial charge in [-0.2, -0.15) is 9.97 Å². The normalized spacial score (nSPS) is 10.3. The van der Waals surface area contributed by atoms with E-state index < -0.39 is 0 Å². The molecule has 4 nitrogen and oxygen atoms in total. The summed E-state index contributed by atoms with van der Waals surface area (Å²) >= 11 is 11.8. The van der Waals surface area contributed by atoms with E-state index in [1.54, 1.807) is 0 Å². The summed E-state index contributed by atoms with van der Waals surface area (Å²) in [6, 6.07) is 0. The fourth-order valence-electron chi connectivity index (χ4n) is 1.06. The van der Waals surface area contributed by atoms with Gasteiger partial charge in [0.15, 0.2) is 0 Å². The molecule has 3 N–H and O–H groups in total. The minimum absolute atomic E-state index is 0.236. The zero-order chi connectivity index (χ0) is 10.6. The molecule has 6 heteroatoms. The van der Waals surface area contributed by atoms with Crippen molar-refractivity contribution >= 4 is 29.2 Å². The number of halogens is 2. The average molecular weight is 235 g/mol. The number of aromatic nitrogens is 2. The number of rotatable bonds is 4. The van der Waals surface area contributed by atoms with Gasteiger partial charge in [0, 0.05) is 5.56 Å². The summed E-state index contributed by atoms with van der Waals surface area (Å²) in [4.78, 5) is 7.88. The number of anilines is 1. The van der Waals surface area contributed by atoms with Crippen molar-refractivity contribution in [2.24, 2.45) is 5.84 Å². The monoisotopic (exact) mass is 234 g/mol. The fraction of sp³-hybridized carbons (Fsp3) is 0.500. The third-order valence-electron chi connectivity index (χ3n) is 1.82. The molecule has 0 saturated carbocycles. The van der Waals surface area contributed by atoms with Crippen LogP contribution >= 0.6 is 23.2 Å². The van der Waals surface area contributed by atoms with E-state index in [1.807, 2.05) is 0 Å². The van der Waals surface area contributed by atoms with Gasteiger partial charge in [-0.25, -0.2) is 5.84 Å². The smallest absolute Gasteiger partial charge is 0.239 e. The molecule has 0 radical (unpaired) electrons. The lowest BCUT2D eigenvalue weighted by Crippen LogP contribution is -2.11. The van der Waals surface area contributed by atoms with E-state index in [0.717, 1.165) is 24.8 Å². The number of nitrogens with two attached hydrogens (primary N) is 1. The maximum absolute atomic E-state index is 5.92. The van der Waals surface area contributed by atoms with E-state index in [1.165, 1.54) is 0 Å². The van der Waals surface area contributed by atoms with Gasteiger partial charge in [0.05, 0.1) is 0 Å². The molecule has 1 heterocycles. The van der Waals surface area contributed by atoms with Gasteiger partial charge in [0.25, 0.3) is 0 Å². The minimum Gasteiger partial charge on any atom is -0.292 e. The first-order valence-electron chi connectivity index (χ1n) is 4.37. The first kappa shape index (κ1) is 11.5. The van der Waals surface area contributed by atoms with Crippen molar-refractivity contribution in [1.82, 2.24) is 9.97 Å². The Kier molecular flexibility index (Phi) is 4.38. The molecule has 0 aromatic carbocycles. The molecule has 1 aromatic rings. The highest BCUT2D eigenvalue weighted by atomic mass is 35.5. The van der Waals surface area contributed by atoms with Gasteiger partial charge in [0.1, 0.15) is 10.3 Å². The van der Waals surface area contributed by atoms with Gasteiger partial charge in [-0.05, 0) is 12.8 Å². The number of hydrazine groups is 1. The number of hydrogen-bond donors (Lipinski definition) is 2. The van der Waals surface area contributed by atoms with Crippen LogP contribution in [-0.2, 0) is 6.42 Å². The molecule has 0 aliphatic carbocycles. The van der Waals surface area contributed by atoms with Gasteiger partial charge < -0.3 is 0 Å². The lowest BCUT2D eigenvalue weighted by Gasteiger charge is -2.06. The Balaban J connectivity index is 2.93. The van der Waals surface area contributed by atoms with Gasteiger partial charge >= 0.3 is 0 Å². The molecule has 1 rings (SSSR count). The first-order valence-corrected chi connectivity index (χ1v) is 5.13. The molecule has 0 atom stereocenters. The van der Waals surface area contributed by atoms with Crippen molar-refractivity contribution in [3.63, 3.8) is 0 Å². The zero-order valence-electron chi connectivity index (χ0n) is 7.85. The number of nitrogens with one attached hydrogen (secondary N) is 1. The summed E-state index contributed by atoms with van der Waals surface area (Å²) in [6.45, 7) is 2.10. The highest BCUT2D eigenvalue weighted by Gasteiger charge is 2.10. The summed E-state index contributed by atoms with van der Waals surface area (Å²) in [5.74, 6) is 5.38. The molecular weight excluding hydrogens is 223 g/mol. The molecule has 0 aliphatic heterocycles. The summed E-state index contributed by atoms with van der Waals surface area (Å²) in [5.41, 5.74) is 3.09. The molecule has 14 heavy (non-hydrogen) atoms. The third-order valence-corrected chi connectivity index (χ3v) is 2.44. The second-order valence-corrected chi connectivity index (χ2v) is 3.57. The predicted octanol–water partition coefficient (Wildman–Crippen LogP) is 2.41. The maximum atomic E-state index is 5.92. The topological polar surface area (TPSA) is 63.8 Å². The highest BCUT2D eigenvalue weighted by Crippen LogP contribution is 2.24. The molecule has 1 aromatic heterocycles.